The van der Waals surface area contributed by atoms with E-state index in [1.807, 2.05) is 6.07 Å². The van der Waals surface area contributed by atoms with E-state index in [1.54, 1.807) is 0 Å². The Bertz CT molecular complexity index is 4180. The second kappa shape index (κ2) is 13.4. The Labute approximate surface area is 367 Å². The van der Waals surface area contributed by atoms with E-state index in [0.717, 1.165) is 61.1 Å². The zero-order valence-corrected chi connectivity index (χ0v) is 34.6. The second-order valence-electron chi connectivity index (χ2n) is 16.8. The van der Waals surface area contributed by atoms with E-state index in [0.29, 0.717) is 0 Å². The van der Waals surface area contributed by atoms with Gasteiger partial charge in [0, 0.05) is 54.5 Å². The molecule has 0 amide bonds. The monoisotopic (exact) mass is 815 g/mol. The Kier molecular flexibility index (Phi) is 7.36. The topological polar surface area (TPSA) is 27.9 Å². The van der Waals surface area contributed by atoms with E-state index in [2.05, 4.69) is 232 Å². The predicted molar refractivity (Wildman–Crippen MR) is 268 cm³/mol. The predicted octanol–water partition coefficient (Wildman–Crippen LogP) is 16.2. The number of furan rings is 1. The maximum Gasteiger partial charge on any atom is 0.159 e. The average Bonchev–Trinajstić information content (AvgIpc) is 4.10. The zero-order valence-electron chi connectivity index (χ0n) is 34.6. The number of fused-ring (bicyclic) bond motifs is 12. The molecule has 14 rings (SSSR count). The first kappa shape index (κ1) is 35.0. The van der Waals surface area contributed by atoms with Gasteiger partial charge in [0.1, 0.15) is 5.58 Å². The van der Waals surface area contributed by atoms with E-state index < -0.39 is 0 Å². The maximum absolute atomic E-state index is 6.69. The van der Waals surface area contributed by atoms with Crippen LogP contribution in [-0.4, -0.2) is 13.7 Å². The lowest BCUT2D eigenvalue weighted by Crippen LogP contribution is -1.96. The molecule has 0 saturated carbocycles. The summed E-state index contributed by atoms with van der Waals surface area (Å²) in [5.41, 5.74) is 16.8. The van der Waals surface area contributed by atoms with Gasteiger partial charge in [-0.1, -0.05) is 152 Å². The van der Waals surface area contributed by atoms with Crippen LogP contribution in [0.2, 0.25) is 0 Å². The van der Waals surface area contributed by atoms with Crippen molar-refractivity contribution in [3.8, 4) is 39.3 Å². The van der Waals surface area contributed by atoms with Gasteiger partial charge in [-0.15, -0.1) is 0 Å². The third kappa shape index (κ3) is 4.93. The van der Waals surface area contributed by atoms with Crippen LogP contribution in [0.1, 0.15) is 0 Å². The highest BCUT2D eigenvalue weighted by molar-refractivity contribution is 6.21. The summed E-state index contributed by atoms with van der Waals surface area (Å²) in [7, 11) is 0. The lowest BCUT2D eigenvalue weighted by atomic mass is 9.90. The first-order valence-corrected chi connectivity index (χ1v) is 21.9. The lowest BCUT2D eigenvalue weighted by molar-refractivity contribution is 0.666. The van der Waals surface area contributed by atoms with Gasteiger partial charge in [-0.2, -0.15) is 0 Å². The zero-order chi connectivity index (χ0) is 41.9. The number of benzene rings is 10. The van der Waals surface area contributed by atoms with Crippen molar-refractivity contribution in [1.82, 2.24) is 13.7 Å². The smallest absolute Gasteiger partial charge is 0.159 e. The molecule has 0 aliphatic heterocycles. The molecular weight excluding hydrogens is 779 g/mol. The molecule has 0 unspecified atom stereocenters. The molecular formula is C60H37N3O. The SMILES string of the molecule is c1ccc(-c2ccc3c(c2-c2ccc4c5ccccc5n(-c5ccc6c(c5)c5ccccc5n6-c5ccccc5)c4c2)c2ccccc2n3-c2cccc3c2oc2ccccc23)cc1. The van der Waals surface area contributed by atoms with Crippen molar-refractivity contribution in [3.05, 3.63) is 224 Å². The molecule has 10 aromatic carbocycles. The van der Waals surface area contributed by atoms with E-state index in [1.165, 1.54) is 65.6 Å². The molecule has 4 heterocycles. The fraction of sp³-hybridized carbons (Fsp3) is 0. The van der Waals surface area contributed by atoms with Crippen molar-refractivity contribution in [3.63, 3.8) is 0 Å². The van der Waals surface area contributed by atoms with Crippen molar-refractivity contribution in [1.29, 1.82) is 0 Å². The van der Waals surface area contributed by atoms with Gasteiger partial charge in [0.05, 0.1) is 38.8 Å². The Morgan fingerprint density at radius 2 is 0.875 bits per heavy atom. The fourth-order valence-corrected chi connectivity index (χ4v) is 10.7. The lowest BCUT2D eigenvalue weighted by Gasteiger charge is -2.15. The minimum atomic E-state index is 0.884. The molecule has 14 aromatic rings. The summed E-state index contributed by atoms with van der Waals surface area (Å²) in [5.74, 6) is 0. The molecule has 298 valence electrons. The molecule has 0 aliphatic rings. The van der Waals surface area contributed by atoms with Crippen LogP contribution >= 0.6 is 0 Å². The molecule has 4 aromatic heterocycles. The maximum atomic E-state index is 6.69. The number of nitrogens with zero attached hydrogens (tertiary/aromatic N) is 3. The Balaban J connectivity index is 1.06. The molecule has 0 bridgehead atoms. The van der Waals surface area contributed by atoms with Crippen molar-refractivity contribution in [2.45, 2.75) is 0 Å². The van der Waals surface area contributed by atoms with Crippen LogP contribution in [-0.2, 0) is 0 Å². The van der Waals surface area contributed by atoms with Gasteiger partial charge < -0.3 is 18.1 Å². The van der Waals surface area contributed by atoms with Crippen LogP contribution in [0.15, 0.2) is 229 Å². The van der Waals surface area contributed by atoms with E-state index in [-0.39, 0.29) is 0 Å². The van der Waals surface area contributed by atoms with Crippen LogP contribution < -0.4 is 0 Å². The number of hydrogen-bond donors (Lipinski definition) is 0. The largest absolute Gasteiger partial charge is 0.454 e. The molecule has 0 fully saturated rings. The van der Waals surface area contributed by atoms with Crippen molar-refractivity contribution < 1.29 is 4.42 Å². The van der Waals surface area contributed by atoms with Crippen molar-refractivity contribution in [2.24, 2.45) is 0 Å². The first-order valence-electron chi connectivity index (χ1n) is 21.9. The van der Waals surface area contributed by atoms with Gasteiger partial charge in [0.2, 0.25) is 0 Å². The van der Waals surface area contributed by atoms with Crippen LogP contribution in [0.5, 0.6) is 0 Å². The summed E-state index contributed by atoms with van der Waals surface area (Å²) >= 11 is 0. The minimum Gasteiger partial charge on any atom is -0.454 e. The highest BCUT2D eigenvalue weighted by Gasteiger charge is 2.24. The molecule has 4 heteroatoms. The van der Waals surface area contributed by atoms with Gasteiger partial charge in [-0.05, 0) is 95.1 Å². The van der Waals surface area contributed by atoms with Crippen LogP contribution in [0.4, 0.5) is 0 Å². The quantitative estimate of drug-likeness (QED) is 0.170. The standard InChI is InChI=1S/C60H37N3O/c1-3-16-38(17-4-1)42-33-35-54-59(48-23-9-13-27-52(48)63(54)55-28-15-24-47-46-22-10-14-29-57(46)64-60(47)55)58(42)39-30-32-45-43-20-7-11-25-50(43)62(56(45)36-39)41-31-34-53-49(37-41)44-21-8-12-26-51(44)61(53)40-18-5-2-6-19-40/h1-37H. The van der Waals surface area contributed by atoms with Gasteiger partial charge in [0.15, 0.2) is 5.58 Å². The summed E-state index contributed by atoms with van der Waals surface area (Å²) in [4.78, 5) is 0. The highest BCUT2D eigenvalue weighted by atomic mass is 16.3. The highest BCUT2D eigenvalue weighted by Crippen LogP contribution is 2.47. The summed E-state index contributed by atoms with van der Waals surface area (Å²) < 4.78 is 14.0. The summed E-state index contributed by atoms with van der Waals surface area (Å²) in [6.45, 7) is 0. The fourth-order valence-electron chi connectivity index (χ4n) is 10.7. The number of hydrogen-bond acceptors (Lipinski definition) is 1. The van der Waals surface area contributed by atoms with Gasteiger partial charge in [-0.25, -0.2) is 0 Å². The summed E-state index contributed by atoms with van der Waals surface area (Å²) in [5, 5.41) is 9.55. The molecule has 0 saturated heterocycles. The third-order valence-electron chi connectivity index (χ3n) is 13.4. The summed E-state index contributed by atoms with van der Waals surface area (Å²) in [6, 6.07) is 81.5. The molecule has 4 nitrogen and oxygen atoms in total. The molecule has 0 spiro atoms. The molecule has 0 atom stereocenters. The summed E-state index contributed by atoms with van der Waals surface area (Å²) in [6.07, 6.45) is 0. The average molecular weight is 816 g/mol. The van der Waals surface area contributed by atoms with E-state index in [4.69, 9.17) is 4.42 Å². The van der Waals surface area contributed by atoms with Gasteiger partial charge >= 0.3 is 0 Å². The minimum absolute atomic E-state index is 0.884. The molecule has 64 heavy (non-hydrogen) atoms. The van der Waals surface area contributed by atoms with Crippen LogP contribution in [0.3, 0.4) is 0 Å². The molecule has 0 radical (unpaired) electrons. The molecule has 0 aliphatic carbocycles. The third-order valence-corrected chi connectivity index (χ3v) is 13.4. The van der Waals surface area contributed by atoms with Gasteiger partial charge in [0.25, 0.3) is 0 Å². The number of rotatable bonds is 5. The Hall–Kier alpha value is -8.60. The first-order chi connectivity index (χ1) is 31.8. The molecule has 0 N–H and O–H groups in total. The number of aromatic nitrogens is 3. The van der Waals surface area contributed by atoms with Crippen LogP contribution in [0.25, 0.3) is 127 Å². The Morgan fingerprint density at radius 3 is 1.66 bits per heavy atom. The second-order valence-corrected chi connectivity index (χ2v) is 16.8. The Morgan fingerprint density at radius 1 is 0.297 bits per heavy atom. The van der Waals surface area contributed by atoms with Crippen molar-refractivity contribution >= 4 is 87.4 Å². The van der Waals surface area contributed by atoms with Crippen LogP contribution in [0, 0.1) is 0 Å². The van der Waals surface area contributed by atoms with E-state index in [9.17, 15) is 0 Å². The normalized spacial score (nSPS) is 12.1. The van der Waals surface area contributed by atoms with Crippen molar-refractivity contribution in [2.75, 3.05) is 0 Å². The number of para-hydroxylation sites is 6. The van der Waals surface area contributed by atoms with Gasteiger partial charge in [-0.3, -0.25) is 0 Å². The van der Waals surface area contributed by atoms with E-state index >= 15 is 0 Å².